The third kappa shape index (κ3) is 2.41. The Morgan fingerprint density at radius 2 is 1.60 bits per heavy atom. The molecule has 0 radical (unpaired) electrons. The van der Waals surface area contributed by atoms with Gasteiger partial charge in [-0.3, -0.25) is 4.79 Å². The van der Waals surface area contributed by atoms with Gasteiger partial charge in [-0.25, -0.2) is 0 Å². The number of hydrogen-bond acceptors (Lipinski definition) is 1. The second-order valence-electron chi connectivity index (χ2n) is 3.10. The van der Waals surface area contributed by atoms with E-state index < -0.39 is 0 Å². The van der Waals surface area contributed by atoms with Crippen LogP contribution in [0.4, 0.5) is 0 Å². The lowest BCUT2D eigenvalue weighted by Gasteiger charge is -2.02. The van der Waals surface area contributed by atoms with E-state index in [9.17, 15) is 4.79 Å². The van der Waals surface area contributed by atoms with Crippen molar-refractivity contribution in [1.82, 2.24) is 4.98 Å². The molecular formula is C11H7Cl2NO. The van der Waals surface area contributed by atoms with E-state index in [0.717, 1.165) is 11.1 Å². The Morgan fingerprint density at radius 3 is 2.13 bits per heavy atom. The van der Waals surface area contributed by atoms with Crippen molar-refractivity contribution in [2.75, 3.05) is 0 Å². The van der Waals surface area contributed by atoms with Crippen LogP contribution in [0.5, 0.6) is 0 Å². The molecule has 2 aromatic rings. The molecular weight excluding hydrogens is 233 g/mol. The lowest BCUT2D eigenvalue weighted by atomic mass is 10.1. The Bertz CT molecular complexity index is 508. The highest BCUT2D eigenvalue weighted by atomic mass is 35.5. The fraction of sp³-hybridized carbons (Fsp3) is 0. The average molecular weight is 240 g/mol. The standard InChI is InChI=1S/C11H7Cl2NO/c12-9-3-8(4-10(13)5-9)7-1-2-11(15)14-6-7/h1-6H,(H,14,15). The van der Waals surface area contributed by atoms with E-state index in [1.165, 1.54) is 6.07 Å². The summed E-state index contributed by atoms with van der Waals surface area (Å²) in [5.41, 5.74) is 1.62. The van der Waals surface area contributed by atoms with Crippen molar-refractivity contribution < 1.29 is 0 Å². The van der Waals surface area contributed by atoms with Gasteiger partial charge < -0.3 is 4.98 Å². The molecule has 2 nitrogen and oxygen atoms in total. The topological polar surface area (TPSA) is 32.9 Å². The zero-order chi connectivity index (χ0) is 10.8. The number of rotatable bonds is 1. The summed E-state index contributed by atoms with van der Waals surface area (Å²) in [4.78, 5) is 13.5. The van der Waals surface area contributed by atoms with Gasteiger partial charge in [0, 0.05) is 22.3 Å². The fourth-order valence-electron chi connectivity index (χ4n) is 1.31. The Balaban J connectivity index is 2.53. The lowest BCUT2D eigenvalue weighted by Crippen LogP contribution is -2.01. The maximum atomic E-state index is 10.9. The molecule has 1 heterocycles. The van der Waals surface area contributed by atoms with E-state index in [0.29, 0.717) is 10.0 Å². The van der Waals surface area contributed by atoms with Crippen molar-refractivity contribution in [1.29, 1.82) is 0 Å². The van der Waals surface area contributed by atoms with Gasteiger partial charge in [0.15, 0.2) is 0 Å². The van der Waals surface area contributed by atoms with E-state index in [1.807, 2.05) is 0 Å². The van der Waals surface area contributed by atoms with Crippen molar-refractivity contribution in [2.24, 2.45) is 0 Å². The lowest BCUT2D eigenvalue weighted by molar-refractivity contribution is 1.24. The first-order valence-corrected chi connectivity index (χ1v) is 5.06. The first kappa shape index (κ1) is 10.3. The van der Waals surface area contributed by atoms with E-state index in [-0.39, 0.29) is 5.56 Å². The molecule has 0 unspecified atom stereocenters. The predicted molar refractivity (Wildman–Crippen MR) is 62.5 cm³/mol. The summed E-state index contributed by atoms with van der Waals surface area (Å²) in [6.45, 7) is 0. The van der Waals surface area contributed by atoms with Gasteiger partial charge in [-0.1, -0.05) is 23.2 Å². The van der Waals surface area contributed by atoms with Gasteiger partial charge in [0.2, 0.25) is 5.56 Å². The normalized spacial score (nSPS) is 10.3. The molecule has 0 aliphatic heterocycles. The highest BCUT2D eigenvalue weighted by Gasteiger charge is 2.00. The SMILES string of the molecule is O=c1ccc(-c2cc(Cl)cc(Cl)c2)c[nH]1. The molecule has 0 amide bonds. The maximum Gasteiger partial charge on any atom is 0.247 e. The predicted octanol–water partition coefficient (Wildman–Crippen LogP) is 3.35. The van der Waals surface area contributed by atoms with Crippen molar-refractivity contribution in [2.45, 2.75) is 0 Å². The van der Waals surface area contributed by atoms with Gasteiger partial charge >= 0.3 is 0 Å². The van der Waals surface area contributed by atoms with Crippen molar-refractivity contribution in [3.05, 3.63) is 56.9 Å². The van der Waals surface area contributed by atoms with Crippen LogP contribution in [0, 0.1) is 0 Å². The average Bonchev–Trinajstić information content (AvgIpc) is 2.17. The molecule has 76 valence electrons. The summed E-state index contributed by atoms with van der Waals surface area (Å²) < 4.78 is 0. The molecule has 2 rings (SSSR count). The Labute approximate surface area is 96.5 Å². The minimum Gasteiger partial charge on any atom is -0.328 e. The zero-order valence-electron chi connectivity index (χ0n) is 7.63. The molecule has 0 aliphatic carbocycles. The van der Waals surface area contributed by atoms with Crippen LogP contribution in [0.3, 0.4) is 0 Å². The number of aromatic nitrogens is 1. The number of hydrogen-bond donors (Lipinski definition) is 1. The molecule has 0 fully saturated rings. The molecule has 0 saturated carbocycles. The van der Waals surface area contributed by atoms with Crippen LogP contribution in [0.1, 0.15) is 0 Å². The van der Waals surface area contributed by atoms with Gasteiger partial charge in [0.25, 0.3) is 0 Å². The summed E-state index contributed by atoms with van der Waals surface area (Å²) in [6, 6.07) is 8.44. The Kier molecular flexibility index (Phi) is 2.80. The smallest absolute Gasteiger partial charge is 0.247 e. The quantitative estimate of drug-likeness (QED) is 0.814. The number of benzene rings is 1. The number of H-pyrrole nitrogens is 1. The van der Waals surface area contributed by atoms with Crippen LogP contribution >= 0.6 is 23.2 Å². The van der Waals surface area contributed by atoms with Gasteiger partial charge in [0.1, 0.15) is 0 Å². The molecule has 1 aromatic carbocycles. The minimum atomic E-state index is -0.133. The van der Waals surface area contributed by atoms with Crippen molar-refractivity contribution in [3.63, 3.8) is 0 Å². The summed E-state index contributed by atoms with van der Waals surface area (Å²) >= 11 is 11.7. The van der Waals surface area contributed by atoms with Gasteiger partial charge in [-0.15, -0.1) is 0 Å². The van der Waals surface area contributed by atoms with Gasteiger partial charge in [-0.2, -0.15) is 0 Å². The van der Waals surface area contributed by atoms with Gasteiger partial charge in [-0.05, 0) is 35.4 Å². The third-order valence-corrected chi connectivity index (χ3v) is 2.42. The number of aromatic amines is 1. The number of nitrogens with one attached hydrogen (secondary N) is 1. The molecule has 0 saturated heterocycles. The van der Waals surface area contributed by atoms with E-state index in [2.05, 4.69) is 4.98 Å². The third-order valence-electron chi connectivity index (χ3n) is 1.98. The second kappa shape index (κ2) is 4.09. The molecule has 0 aliphatic rings. The first-order valence-electron chi connectivity index (χ1n) is 4.30. The highest BCUT2D eigenvalue weighted by molar-refractivity contribution is 6.35. The van der Waals surface area contributed by atoms with Crippen LogP contribution in [-0.4, -0.2) is 4.98 Å². The van der Waals surface area contributed by atoms with Crippen LogP contribution < -0.4 is 5.56 Å². The van der Waals surface area contributed by atoms with Crippen LogP contribution in [0.2, 0.25) is 10.0 Å². The molecule has 0 bridgehead atoms. The molecule has 4 heteroatoms. The number of pyridine rings is 1. The largest absolute Gasteiger partial charge is 0.328 e. The first-order chi connectivity index (χ1) is 7.15. The summed E-state index contributed by atoms with van der Waals surface area (Å²) in [5, 5.41) is 1.15. The Hall–Kier alpha value is -1.25. The zero-order valence-corrected chi connectivity index (χ0v) is 9.14. The maximum absolute atomic E-state index is 10.9. The number of halogens is 2. The van der Waals surface area contributed by atoms with E-state index in [1.54, 1.807) is 30.5 Å². The summed E-state index contributed by atoms with van der Waals surface area (Å²) in [7, 11) is 0. The van der Waals surface area contributed by atoms with Crippen molar-refractivity contribution >= 4 is 23.2 Å². The Morgan fingerprint density at radius 1 is 0.933 bits per heavy atom. The molecule has 0 spiro atoms. The molecule has 0 atom stereocenters. The monoisotopic (exact) mass is 239 g/mol. The van der Waals surface area contributed by atoms with E-state index in [4.69, 9.17) is 23.2 Å². The summed E-state index contributed by atoms with van der Waals surface area (Å²) in [6.07, 6.45) is 1.63. The molecule has 1 aromatic heterocycles. The van der Waals surface area contributed by atoms with Crippen LogP contribution in [0.15, 0.2) is 41.3 Å². The van der Waals surface area contributed by atoms with Crippen LogP contribution in [0.25, 0.3) is 11.1 Å². The molecule has 15 heavy (non-hydrogen) atoms. The van der Waals surface area contributed by atoms with E-state index >= 15 is 0 Å². The minimum absolute atomic E-state index is 0.133. The van der Waals surface area contributed by atoms with Crippen LogP contribution in [-0.2, 0) is 0 Å². The second-order valence-corrected chi connectivity index (χ2v) is 3.97. The van der Waals surface area contributed by atoms with Gasteiger partial charge in [0.05, 0.1) is 0 Å². The van der Waals surface area contributed by atoms with Crippen molar-refractivity contribution in [3.8, 4) is 11.1 Å². The highest BCUT2D eigenvalue weighted by Crippen LogP contribution is 2.26. The fourth-order valence-corrected chi connectivity index (χ4v) is 1.84. The molecule has 1 N–H and O–H groups in total. The summed E-state index contributed by atoms with van der Waals surface area (Å²) in [5.74, 6) is 0.